The summed E-state index contributed by atoms with van der Waals surface area (Å²) in [5, 5.41) is 11.8. The van der Waals surface area contributed by atoms with Gasteiger partial charge in [0.2, 0.25) is 0 Å². The van der Waals surface area contributed by atoms with E-state index in [4.69, 9.17) is 9.47 Å². The number of rotatable bonds is 6. The smallest absolute Gasteiger partial charge is 0.164 e. The molecule has 1 heterocycles. The highest BCUT2D eigenvalue weighted by molar-refractivity contribution is 5.14. The summed E-state index contributed by atoms with van der Waals surface area (Å²) >= 11 is 0. The highest BCUT2D eigenvalue weighted by Gasteiger charge is 2.44. The summed E-state index contributed by atoms with van der Waals surface area (Å²) < 4.78 is 11.8. The van der Waals surface area contributed by atoms with E-state index >= 15 is 0 Å². The Kier molecular flexibility index (Phi) is 5.17. The SMILES string of the molecule is C=C[C@H]1OC(C)(C)O[C@H]1[C@@H](CC)N(O)Cc1ccccc1. The minimum Gasteiger partial charge on any atom is -0.342 e. The van der Waals surface area contributed by atoms with Crippen molar-refractivity contribution in [3.63, 3.8) is 0 Å². The van der Waals surface area contributed by atoms with Crippen molar-refractivity contribution >= 4 is 0 Å². The molecule has 0 radical (unpaired) electrons. The van der Waals surface area contributed by atoms with E-state index in [0.717, 1.165) is 12.0 Å². The minimum absolute atomic E-state index is 0.144. The topological polar surface area (TPSA) is 41.9 Å². The molecule has 4 nitrogen and oxygen atoms in total. The van der Waals surface area contributed by atoms with Crippen LogP contribution in [0.4, 0.5) is 0 Å². The number of hydroxylamine groups is 2. The molecule has 1 N–H and O–H groups in total. The summed E-state index contributed by atoms with van der Waals surface area (Å²) in [6.07, 6.45) is 2.07. The summed E-state index contributed by atoms with van der Waals surface area (Å²) in [5.74, 6) is -0.648. The van der Waals surface area contributed by atoms with E-state index in [1.165, 1.54) is 5.06 Å². The summed E-state index contributed by atoms with van der Waals surface area (Å²) in [6, 6.07) is 9.75. The average Bonchev–Trinajstić information content (AvgIpc) is 2.76. The van der Waals surface area contributed by atoms with E-state index in [1.54, 1.807) is 6.08 Å². The molecule has 0 unspecified atom stereocenters. The molecule has 0 aliphatic carbocycles. The molecule has 0 bridgehead atoms. The fraction of sp³-hybridized carbons (Fsp3) is 0.529. The molecular formula is C17H25NO3. The van der Waals surface area contributed by atoms with Gasteiger partial charge in [-0.2, -0.15) is 5.06 Å². The van der Waals surface area contributed by atoms with Gasteiger partial charge >= 0.3 is 0 Å². The Balaban J connectivity index is 2.09. The number of hydrogen-bond donors (Lipinski definition) is 1. The normalized spacial score (nSPS) is 26.0. The third kappa shape index (κ3) is 3.92. The maximum Gasteiger partial charge on any atom is 0.164 e. The molecule has 1 aliphatic heterocycles. The minimum atomic E-state index is -0.648. The van der Waals surface area contributed by atoms with Crippen LogP contribution in [-0.2, 0) is 16.0 Å². The van der Waals surface area contributed by atoms with Crippen LogP contribution in [0.25, 0.3) is 0 Å². The van der Waals surface area contributed by atoms with Gasteiger partial charge in [-0.15, -0.1) is 6.58 Å². The second-order valence-electron chi connectivity index (χ2n) is 5.86. The highest BCUT2D eigenvalue weighted by atomic mass is 16.8. The second-order valence-corrected chi connectivity index (χ2v) is 5.86. The highest BCUT2D eigenvalue weighted by Crippen LogP contribution is 2.33. The second kappa shape index (κ2) is 6.71. The molecule has 0 aromatic heterocycles. The van der Waals surface area contributed by atoms with Crippen LogP contribution in [0, 0.1) is 0 Å². The Morgan fingerprint density at radius 1 is 1.33 bits per heavy atom. The standard InChI is InChI=1S/C17H25NO3/c1-5-14(16-15(6-2)20-17(3,4)21-16)18(19)12-13-10-8-7-9-11-13/h6-11,14-16,19H,2,5,12H2,1,3-4H3/t14-,15-,16+/m1/s1. The third-order valence-corrected chi connectivity index (χ3v) is 3.76. The van der Waals surface area contributed by atoms with Crippen LogP contribution in [0.3, 0.4) is 0 Å². The van der Waals surface area contributed by atoms with Crippen molar-refractivity contribution in [3.8, 4) is 0 Å². The first-order chi connectivity index (χ1) is 9.96. The number of benzene rings is 1. The zero-order chi connectivity index (χ0) is 15.5. The van der Waals surface area contributed by atoms with Crippen molar-refractivity contribution in [2.75, 3.05) is 0 Å². The summed E-state index contributed by atoms with van der Waals surface area (Å²) in [5.41, 5.74) is 1.06. The van der Waals surface area contributed by atoms with Crippen molar-refractivity contribution < 1.29 is 14.7 Å². The van der Waals surface area contributed by atoms with Crippen LogP contribution in [-0.4, -0.2) is 34.3 Å². The molecule has 3 atom stereocenters. The Morgan fingerprint density at radius 2 is 2.00 bits per heavy atom. The summed E-state index contributed by atoms with van der Waals surface area (Å²) in [6.45, 7) is 10.1. The van der Waals surface area contributed by atoms with Crippen LogP contribution in [0.2, 0.25) is 0 Å². The first-order valence-corrected chi connectivity index (χ1v) is 7.44. The van der Waals surface area contributed by atoms with Gasteiger partial charge in [-0.3, -0.25) is 0 Å². The lowest BCUT2D eigenvalue weighted by Gasteiger charge is -2.31. The lowest BCUT2D eigenvalue weighted by atomic mass is 10.0. The number of ether oxygens (including phenoxy) is 2. The summed E-state index contributed by atoms with van der Waals surface area (Å²) in [4.78, 5) is 0. The van der Waals surface area contributed by atoms with Gasteiger partial charge in [0.25, 0.3) is 0 Å². The lowest BCUT2D eigenvalue weighted by Crippen LogP contribution is -2.45. The molecule has 21 heavy (non-hydrogen) atoms. The van der Waals surface area contributed by atoms with Gasteiger partial charge in [-0.25, -0.2) is 0 Å². The molecule has 0 spiro atoms. The number of nitrogens with zero attached hydrogens (tertiary/aromatic N) is 1. The Bertz CT molecular complexity index is 460. The van der Waals surface area contributed by atoms with E-state index in [9.17, 15) is 5.21 Å². The molecule has 116 valence electrons. The van der Waals surface area contributed by atoms with Gasteiger partial charge in [-0.1, -0.05) is 43.3 Å². The quantitative estimate of drug-likeness (QED) is 0.644. The Morgan fingerprint density at radius 3 is 2.57 bits per heavy atom. The fourth-order valence-electron chi connectivity index (χ4n) is 2.80. The molecule has 4 heteroatoms. The van der Waals surface area contributed by atoms with Gasteiger partial charge in [0.05, 0.1) is 6.04 Å². The Hall–Kier alpha value is -1.20. The van der Waals surface area contributed by atoms with Crippen molar-refractivity contribution in [2.24, 2.45) is 0 Å². The fourth-order valence-corrected chi connectivity index (χ4v) is 2.80. The van der Waals surface area contributed by atoms with Crippen LogP contribution >= 0.6 is 0 Å². The molecule has 1 saturated heterocycles. The average molecular weight is 291 g/mol. The van der Waals surface area contributed by atoms with Gasteiger partial charge in [0.1, 0.15) is 12.2 Å². The maximum atomic E-state index is 10.5. The van der Waals surface area contributed by atoms with E-state index in [1.807, 2.05) is 51.1 Å². The van der Waals surface area contributed by atoms with Gasteiger partial charge < -0.3 is 14.7 Å². The molecule has 0 amide bonds. The third-order valence-electron chi connectivity index (χ3n) is 3.76. The predicted octanol–water partition coefficient (Wildman–Crippen LogP) is 3.36. The van der Waals surface area contributed by atoms with Crippen LogP contribution in [0.5, 0.6) is 0 Å². The molecule has 0 saturated carbocycles. The van der Waals surface area contributed by atoms with Crippen molar-refractivity contribution in [1.82, 2.24) is 5.06 Å². The monoisotopic (exact) mass is 291 g/mol. The van der Waals surface area contributed by atoms with Gasteiger partial charge in [0.15, 0.2) is 5.79 Å². The first-order valence-electron chi connectivity index (χ1n) is 7.44. The van der Waals surface area contributed by atoms with Crippen LogP contribution < -0.4 is 0 Å². The van der Waals surface area contributed by atoms with Crippen molar-refractivity contribution in [1.29, 1.82) is 0 Å². The van der Waals surface area contributed by atoms with Crippen molar-refractivity contribution in [3.05, 3.63) is 48.6 Å². The van der Waals surface area contributed by atoms with E-state index in [0.29, 0.717) is 6.54 Å². The molecule has 1 aromatic carbocycles. The largest absolute Gasteiger partial charge is 0.342 e. The van der Waals surface area contributed by atoms with E-state index in [2.05, 4.69) is 6.58 Å². The van der Waals surface area contributed by atoms with Gasteiger partial charge in [-0.05, 0) is 25.8 Å². The zero-order valence-electron chi connectivity index (χ0n) is 13.0. The molecule has 1 aliphatic rings. The summed E-state index contributed by atoms with van der Waals surface area (Å²) in [7, 11) is 0. The van der Waals surface area contributed by atoms with Crippen LogP contribution in [0.15, 0.2) is 43.0 Å². The molecule has 1 fully saturated rings. The molecule has 2 rings (SSSR count). The number of hydrogen-bond acceptors (Lipinski definition) is 4. The molecule has 1 aromatic rings. The first kappa shape index (κ1) is 16.2. The van der Waals surface area contributed by atoms with Crippen molar-refractivity contribution in [2.45, 2.75) is 57.8 Å². The maximum absolute atomic E-state index is 10.5. The zero-order valence-corrected chi connectivity index (χ0v) is 13.0. The van der Waals surface area contributed by atoms with E-state index < -0.39 is 5.79 Å². The molecular weight excluding hydrogens is 266 g/mol. The van der Waals surface area contributed by atoms with E-state index in [-0.39, 0.29) is 18.2 Å². The van der Waals surface area contributed by atoms with Gasteiger partial charge in [0, 0.05) is 6.54 Å². The predicted molar refractivity (Wildman–Crippen MR) is 81.9 cm³/mol. The lowest BCUT2D eigenvalue weighted by molar-refractivity contribution is -0.189. The Labute approximate surface area is 126 Å². The van der Waals surface area contributed by atoms with Crippen LogP contribution in [0.1, 0.15) is 32.8 Å².